The van der Waals surface area contributed by atoms with Crippen molar-refractivity contribution in [2.45, 2.75) is 26.4 Å². The summed E-state index contributed by atoms with van der Waals surface area (Å²) in [4.78, 5) is 0. The van der Waals surface area contributed by atoms with Gasteiger partial charge in [0.25, 0.3) is 0 Å². The third-order valence-electron chi connectivity index (χ3n) is 3.32. The summed E-state index contributed by atoms with van der Waals surface area (Å²) in [5.74, 6) is 0.174. The Morgan fingerprint density at radius 1 is 1.25 bits per heavy atom. The van der Waals surface area contributed by atoms with Crippen LogP contribution in [0.4, 0.5) is 0 Å². The minimum Gasteiger partial charge on any atom is -0.346 e. The molecule has 0 radical (unpaired) electrons. The molecule has 4 nitrogen and oxygen atoms in total. The molecule has 0 saturated heterocycles. The van der Waals surface area contributed by atoms with E-state index in [-0.39, 0.29) is 5.75 Å². The Balaban J connectivity index is 2.26. The van der Waals surface area contributed by atoms with Crippen LogP contribution in [-0.4, -0.2) is 31.5 Å². The highest BCUT2D eigenvalue weighted by Gasteiger charge is 2.08. The van der Waals surface area contributed by atoms with Gasteiger partial charge in [-0.2, -0.15) is 0 Å². The van der Waals surface area contributed by atoms with Crippen LogP contribution in [0.15, 0.2) is 30.5 Å². The largest absolute Gasteiger partial charge is 0.346 e. The fourth-order valence-electron chi connectivity index (χ4n) is 2.33. The van der Waals surface area contributed by atoms with Crippen LogP contribution in [0.25, 0.3) is 10.9 Å². The molecule has 5 heteroatoms. The fraction of sp³-hybridized carbons (Fsp3) is 0.467. The normalized spacial score (nSPS) is 12.1. The number of aryl methyl sites for hydroxylation is 1. The number of para-hydroxylation sites is 1. The van der Waals surface area contributed by atoms with E-state index < -0.39 is 9.84 Å². The monoisotopic (exact) mass is 294 g/mol. The molecule has 0 bridgehead atoms. The highest BCUT2D eigenvalue weighted by atomic mass is 32.2. The number of nitrogens with one attached hydrogen (secondary N) is 1. The van der Waals surface area contributed by atoms with Crippen LogP contribution >= 0.6 is 0 Å². The van der Waals surface area contributed by atoms with Gasteiger partial charge in [-0.05, 0) is 30.0 Å². The predicted molar refractivity (Wildman–Crippen MR) is 83.6 cm³/mol. The van der Waals surface area contributed by atoms with Crippen LogP contribution in [0.3, 0.4) is 0 Å². The van der Waals surface area contributed by atoms with Crippen molar-refractivity contribution >= 4 is 20.7 Å². The number of fused-ring (bicyclic) bond motifs is 1. The van der Waals surface area contributed by atoms with E-state index in [2.05, 4.69) is 24.4 Å². The minimum atomic E-state index is -2.94. The molecule has 0 saturated carbocycles. The van der Waals surface area contributed by atoms with Crippen molar-refractivity contribution in [1.82, 2.24) is 9.88 Å². The van der Waals surface area contributed by atoms with E-state index in [1.807, 2.05) is 22.9 Å². The van der Waals surface area contributed by atoms with Gasteiger partial charge in [-0.25, -0.2) is 8.42 Å². The summed E-state index contributed by atoms with van der Waals surface area (Å²) < 4.78 is 24.7. The first-order valence-electron chi connectivity index (χ1n) is 6.96. The zero-order chi connectivity index (χ0) is 14.6. The van der Waals surface area contributed by atoms with E-state index in [1.54, 1.807) is 0 Å². The summed E-state index contributed by atoms with van der Waals surface area (Å²) in [5, 5.41) is 4.56. The first kappa shape index (κ1) is 15.1. The average Bonchev–Trinajstić information content (AvgIpc) is 2.80. The number of hydrogen-bond acceptors (Lipinski definition) is 3. The molecule has 2 rings (SSSR count). The summed E-state index contributed by atoms with van der Waals surface area (Å²) in [6.07, 6.45) is 4.35. The Labute approximate surface area is 120 Å². The van der Waals surface area contributed by atoms with E-state index in [9.17, 15) is 8.42 Å². The van der Waals surface area contributed by atoms with Crippen molar-refractivity contribution in [3.05, 3.63) is 36.0 Å². The van der Waals surface area contributed by atoms with E-state index in [0.717, 1.165) is 30.4 Å². The van der Waals surface area contributed by atoms with E-state index in [0.29, 0.717) is 6.54 Å². The fourth-order valence-corrected chi connectivity index (χ4v) is 2.86. The Morgan fingerprint density at radius 3 is 2.75 bits per heavy atom. The Kier molecular flexibility index (Phi) is 4.83. The molecule has 0 amide bonds. The summed E-state index contributed by atoms with van der Waals surface area (Å²) >= 11 is 0. The molecule has 1 N–H and O–H groups in total. The SMILES string of the molecule is CCCNCc1cccc2ccn(CCS(C)(=O)=O)c12. The molecule has 0 aliphatic carbocycles. The lowest BCUT2D eigenvalue weighted by molar-refractivity contribution is 0.595. The molecule has 0 fully saturated rings. The van der Waals surface area contributed by atoms with E-state index in [4.69, 9.17) is 0 Å². The maximum Gasteiger partial charge on any atom is 0.149 e. The Bertz CT molecular complexity index is 674. The Morgan fingerprint density at radius 2 is 2.05 bits per heavy atom. The molecule has 20 heavy (non-hydrogen) atoms. The zero-order valence-electron chi connectivity index (χ0n) is 12.1. The topological polar surface area (TPSA) is 51.1 Å². The lowest BCUT2D eigenvalue weighted by Crippen LogP contribution is -2.15. The van der Waals surface area contributed by atoms with Crippen LogP contribution in [0.1, 0.15) is 18.9 Å². The van der Waals surface area contributed by atoms with E-state index >= 15 is 0 Å². The van der Waals surface area contributed by atoms with Gasteiger partial charge in [-0.3, -0.25) is 0 Å². The first-order valence-corrected chi connectivity index (χ1v) is 9.02. The third kappa shape index (κ3) is 3.84. The van der Waals surface area contributed by atoms with Crippen LogP contribution in [-0.2, 0) is 22.9 Å². The molecule has 2 aromatic rings. The summed E-state index contributed by atoms with van der Waals surface area (Å²) in [7, 11) is -2.94. The highest BCUT2D eigenvalue weighted by molar-refractivity contribution is 7.90. The van der Waals surface area contributed by atoms with Crippen molar-refractivity contribution in [2.75, 3.05) is 18.6 Å². The maximum atomic E-state index is 11.3. The molecule has 0 spiro atoms. The standard InChI is InChI=1S/C15H22N2O2S/c1-3-8-16-12-14-6-4-5-13-7-9-17(15(13)14)10-11-20(2,18)19/h4-7,9,16H,3,8,10-12H2,1-2H3. The highest BCUT2D eigenvalue weighted by Crippen LogP contribution is 2.20. The van der Waals surface area contributed by atoms with Crippen LogP contribution in [0.5, 0.6) is 0 Å². The van der Waals surface area contributed by atoms with Gasteiger partial charge in [0.05, 0.1) is 11.3 Å². The second-order valence-corrected chi connectivity index (χ2v) is 7.43. The quantitative estimate of drug-likeness (QED) is 0.796. The van der Waals surface area contributed by atoms with Crippen molar-refractivity contribution in [3.63, 3.8) is 0 Å². The molecular weight excluding hydrogens is 272 g/mol. The van der Waals surface area contributed by atoms with Gasteiger partial charge in [-0.15, -0.1) is 0 Å². The molecule has 1 aromatic heterocycles. The Hall–Kier alpha value is -1.33. The molecule has 110 valence electrons. The van der Waals surface area contributed by atoms with Gasteiger partial charge < -0.3 is 9.88 Å². The minimum absolute atomic E-state index is 0.174. The second kappa shape index (κ2) is 6.41. The van der Waals surface area contributed by atoms with E-state index in [1.165, 1.54) is 11.8 Å². The van der Waals surface area contributed by atoms with Crippen LogP contribution in [0.2, 0.25) is 0 Å². The predicted octanol–water partition coefficient (Wildman–Crippen LogP) is 2.19. The molecular formula is C15H22N2O2S. The lowest BCUT2D eigenvalue weighted by atomic mass is 10.1. The van der Waals surface area contributed by atoms with Crippen LogP contribution in [0, 0.1) is 0 Å². The number of nitrogens with zero attached hydrogens (tertiary/aromatic N) is 1. The van der Waals surface area contributed by atoms with Gasteiger partial charge in [-0.1, -0.05) is 25.1 Å². The van der Waals surface area contributed by atoms with Crippen molar-refractivity contribution in [1.29, 1.82) is 0 Å². The molecule has 1 aromatic carbocycles. The van der Waals surface area contributed by atoms with Gasteiger partial charge in [0, 0.05) is 25.5 Å². The van der Waals surface area contributed by atoms with Gasteiger partial charge in [0.1, 0.15) is 9.84 Å². The maximum absolute atomic E-state index is 11.3. The molecule has 0 aliphatic heterocycles. The third-order valence-corrected chi connectivity index (χ3v) is 4.24. The molecule has 0 atom stereocenters. The number of hydrogen-bond donors (Lipinski definition) is 1. The summed E-state index contributed by atoms with van der Waals surface area (Å²) in [5.41, 5.74) is 2.36. The van der Waals surface area contributed by atoms with Gasteiger partial charge in [0.15, 0.2) is 0 Å². The second-order valence-electron chi connectivity index (χ2n) is 5.17. The zero-order valence-corrected chi connectivity index (χ0v) is 12.9. The van der Waals surface area contributed by atoms with Crippen molar-refractivity contribution in [3.8, 4) is 0 Å². The lowest BCUT2D eigenvalue weighted by Gasteiger charge is -2.10. The van der Waals surface area contributed by atoms with Crippen molar-refractivity contribution in [2.24, 2.45) is 0 Å². The average molecular weight is 294 g/mol. The van der Waals surface area contributed by atoms with Gasteiger partial charge in [0.2, 0.25) is 0 Å². The molecule has 0 aliphatic rings. The van der Waals surface area contributed by atoms with Gasteiger partial charge >= 0.3 is 0 Å². The first-order chi connectivity index (χ1) is 9.51. The number of rotatable bonds is 7. The molecule has 1 heterocycles. The smallest absolute Gasteiger partial charge is 0.149 e. The summed E-state index contributed by atoms with van der Waals surface area (Å²) in [6, 6.07) is 8.25. The molecule has 0 unspecified atom stereocenters. The number of sulfone groups is 1. The van der Waals surface area contributed by atoms with Crippen molar-refractivity contribution < 1.29 is 8.42 Å². The number of benzene rings is 1. The van der Waals surface area contributed by atoms with Crippen LogP contribution < -0.4 is 5.32 Å². The number of aromatic nitrogens is 1. The summed E-state index contributed by atoms with van der Waals surface area (Å²) in [6.45, 7) is 4.45.